The van der Waals surface area contributed by atoms with Crippen LogP contribution in [-0.4, -0.2) is 0 Å². The molecule has 0 bridgehead atoms. The molecule has 0 amide bonds. The molecule has 0 aliphatic rings. The van der Waals surface area contributed by atoms with E-state index in [1.165, 1.54) is 49.0 Å². The van der Waals surface area contributed by atoms with Crippen molar-refractivity contribution in [3.63, 3.8) is 0 Å². The number of hydrogen-bond donors (Lipinski definition) is 0. The maximum Gasteiger partial charge on any atom is 0.137 e. The topological polar surface area (TPSA) is 16.4 Å². The van der Waals surface area contributed by atoms with E-state index in [1.807, 2.05) is 6.07 Å². The highest BCUT2D eigenvalue weighted by molar-refractivity contribution is 6.14. The van der Waals surface area contributed by atoms with E-state index in [0.717, 1.165) is 55.7 Å². The largest absolute Gasteiger partial charge is 0.456 e. The Bertz CT molecular complexity index is 3260. The third-order valence-corrected chi connectivity index (χ3v) is 11.2. The molecular formula is C54H35NO. The van der Waals surface area contributed by atoms with Crippen molar-refractivity contribution in [1.82, 2.24) is 0 Å². The van der Waals surface area contributed by atoms with E-state index in [1.54, 1.807) is 0 Å². The lowest BCUT2D eigenvalue weighted by atomic mass is 9.95. The molecule has 0 N–H and O–H groups in total. The van der Waals surface area contributed by atoms with Crippen molar-refractivity contribution in [2.75, 3.05) is 4.90 Å². The van der Waals surface area contributed by atoms with Crippen molar-refractivity contribution in [2.24, 2.45) is 0 Å². The molecule has 0 aliphatic carbocycles. The summed E-state index contributed by atoms with van der Waals surface area (Å²) in [5.41, 5.74) is 12.0. The number of furan rings is 1. The van der Waals surface area contributed by atoms with Gasteiger partial charge in [0.25, 0.3) is 0 Å². The fraction of sp³-hybridized carbons (Fsp3) is 0. The van der Waals surface area contributed by atoms with Gasteiger partial charge in [0, 0.05) is 16.6 Å². The summed E-state index contributed by atoms with van der Waals surface area (Å²) in [6.45, 7) is 0. The van der Waals surface area contributed by atoms with Gasteiger partial charge in [-0.15, -0.1) is 0 Å². The van der Waals surface area contributed by atoms with Gasteiger partial charge in [-0.2, -0.15) is 0 Å². The number of hydrogen-bond acceptors (Lipinski definition) is 2. The van der Waals surface area contributed by atoms with Gasteiger partial charge in [-0.25, -0.2) is 0 Å². The van der Waals surface area contributed by atoms with E-state index >= 15 is 0 Å². The van der Waals surface area contributed by atoms with Crippen LogP contribution in [0, 0.1) is 0 Å². The van der Waals surface area contributed by atoms with Gasteiger partial charge >= 0.3 is 0 Å². The molecule has 0 spiro atoms. The van der Waals surface area contributed by atoms with E-state index < -0.39 is 0 Å². The highest BCUT2D eigenvalue weighted by atomic mass is 16.3. The lowest BCUT2D eigenvalue weighted by Gasteiger charge is -2.29. The third-order valence-electron chi connectivity index (χ3n) is 11.2. The van der Waals surface area contributed by atoms with Crippen LogP contribution < -0.4 is 4.90 Å². The lowest BCUT2D eigenvalue weighted by Crippen LogP contribution is -2.11. The fourth-order valence-electron chi connectivity index (χ4n) is 8.58. The Morgan fingerprint density at radius 1 is 0.304 bits per heavy atom. The molecule has 10 aromatic carbocycles. The zero-order chi connectivity index (χ0) is 37.0. The zero-order valence-electron chi connectivity index (χ0n) is 30.6. The van der Waals surface area contributed by atoms with E-state index in [2.05, 4.69) is 211 Å². The molecule has 1 heterocycles. The summed E-state index contributed by atoms with van der Waals surface area (Å²) in [5, 5.41) is 9.68. The Kier molecular flexibility index (Phi) is 7.53. The average Bonchev–Trinajstić information content (AvgIpc) is 3.66. The van der Waals surface area contributed by atoms with Crippen molar-refractivity contribution < 1.29 is 4.42 Å². The second kappa shape index (κ2) is 13.2. The van der Waals surface area contributed by atoms with E-state index in [-0.39, 0.29) is 0 Å². The highest BCUT2D eigenvalue weighted by Crippen LogP contribution is 2.47. The highest BCUT2D eigenvalue weighted by Gasteiger charge is 2.22. The first kappa shape index (κ1) is 32.0. The molecule has 0 radical (unpaired) electrons. The molecule has 262 valence electrons. The molecule has 2 heteroatoms. The molecule has 0 unspecified atom stereocenters. The summed E-state index contributed by atoms with van der Waals surface area (Å²) in [4.78, 5) is 2.42. The molecule has 56 heavy (non-hydrogen) atoms. The molecule has 11 rings (SSSR count). The standard InChI is InChI=1S/C54H35NO/c1-3-17-44-37(12-1)14-10-21-45(44)39-28-26-36(27-29-39)41-15-9-16-43(34-41)55(51-23-11-25-53-54(51)48-20-6-8-24-52(48)56-53)50-22-7-5-19-47(50)42-33-32-40-31-30-38-13-2-4-18-46(38)49(40)35-42/h1-35H. The van der Waals surface area contributed by atoms with Gasteiger partial charge in [-0.1, -0.05) is 170 Å². The summed E-state index contributed by atoms with van der Waals surface area (Å²) >= 11 is 0. The predicted octanol–water partition coefficient (Wildman–Crippen LogP) is 15.5. The average molecular weight is 714 g/mol. The number of para-hydroxylation sites is 2. The molecule has 0 atom stereocenters. The van der Waals surface area contributed by atoms with Crippen LogP contribution >= 0.6 is 0 Å². The normalized spacial score (nSPS) is 11.6. The van der Waals surface area contributed by atoms with Gasteiger partial charge in [0.2, 0.25) is 0 Å². The molecule has 1 aromatic heterocycles. The van der Waals surface area contributed by atoms with Crippen molar-refractivity contribution >= 4 is 71.3 Å². The van der Waals surface area contributed by atoms with E-state index in [9.17, 15) is 0 Å². The van der Waals surface area contributed by atoms with Crippen LogP contribution in [0.4, 0.5) is 17.1 Å². The number of nitrogens with zero attached hydrogens (tertiary/aromatic N) is 1. The smallest absolute Gasteiger partial charge is 0.137 e. The molecular weight excluding hydrogens is 679 g/mol. The fourth-order valence-corrected chi connectivity index (χ4v) is 8.58. The van der Waals surface area contributed by atoms with Crippen LogP contribution in [-0.2, 0) is 0 Å². The second-order valence-corrected chi connectivity index (χ2v) is 14.5. The Labute approximate surface area is 325 Å². The van der Waals surface area contributed by atoms with Crippen LogP contribution in [0.25, 0.3) is 87.6 Å². The summed E-state index contributed by atoms with van der Waals surface area (Å²) < 4.78 is 6.46. The van der Waals surface area contributed by atoms with Crippen molar-refractivity contribution in [1.29, 1.82) is 0 Å². The van der Waals surface area contributed by atoms with Crippen LogP contribution in [0.2, 0.25) is 0 Å². The number of fused-ring (bicyclic) bond motifs is 7. The van der Waals surface area contributed by atoms with Gasteiger partial charge in [-0.05, 0) is 103 Å². The van der Waals surface area contributed by atoms with Crippen molar-refractivity contribution in [3.05, 3.63) is 212 Å². The number of anilines is 3. The van der Waals surface area contributed by atoms with E-state index in [4.69, 9.17) is 4.42 Å². The number of benzene rings is 10. The predicted molar refractivity (Wildman–Crippen MR) is 237 cm³/mol. The summed E-state index contributed by atoms with van der Waals surface area (Å²) in [7, 11) is 0. The van der Waals surface area contributed by atoms with Gasteiger partial charge in [-0.3, -0.25) is 0 Å². The minimum Gasteiger partial charge on any atom is -0.456 e. The Morgan fingerprint density at radius 3 is 1.75 bits per heavy atom. The summed E-state index contributed by atoms with van der Waals surface area (Å²) in [6, 6.07) is 76.6. The molecule has 11 aromatic rings. The summed E-state index contributed by atoms with van der Waals surface area (Å²) in [6.07, 6.45) is 0. The quantitative estimate of drug-likeness (QED) is 0.160. The lowest BCUT2D eigenvalue weighted by molar-refractivity contribution is 0.669. The first-order valence-electron chi connectivity index (χ1n) is 19.2. The van der Waals surface area contributed by atoms with Crippen LogP contribution in [0.5, 0.6) is 0 Å². The Morgan fingerprint density at radius 2 is 0.875 bits per heavy atom. The molecule has 0 aliphatic heterocycles. The van der Waals surface area contributed by atoms with Crippen LogP contribution in [0.3, 0.4) is 0 Å². The minimum absolute atomic E-state index is 0.864. The molecule has 0 fully saturated rings. The zero-order valence-corrected chi connectivity index (χ0v) is 30.6. The van der Waals surface area contributed by atoms with E-state index in [0.29, 0.717) is 0 Å². The first-order chi connectivity index (χ1) is 27.8. The third kappa shape index (κ3) is 5.34. The van der Waals surface area contributed by atoms with Crippen molar-refractivity contribution in [3.8, 4) is 33.4 Å². The second-order valence-electron chi connectivity index (χ2n) is 14.5. The van der Waals surface area contributed by atoms with Gasteiger partial charge < -0.3 is 9.32 Å². The van der Waals surface area contributed by atoms with Gasteiger partial charge in [0.15, 0.2) is 0 Å². The van der Waals surface area contributed by atoms with Crippen LogP contribution in [0.15, 0.2) is 217 Å². The maximum atomic E-state index is 6.46. The van der Waals surface area contributed by atoms with Gasteiger partial charge in [0.05, 0.1) is 16.8 Å². The minimum atomic E-state index is 0.864. The number of rotatable bonds is 6. The Balaban J connectivity index is 1.09. The monoisotopic (exact) mass is 713 g/mol. The Hall–Kier alpha value is -7.42. The first-order valence-corrected chi connectivity index (χ1v) is 19.2. The summed E-state index contributed by atoms with van der Waals surface area (Å²) in [5.74, 6) is 0. The van der Waals surface area contributed by atoms with Crippen molar-refractivity contribution in [2.45, 2.75) is 0 Å². The van der Waals surface area contributed by atoms with Gasteiger partial charge in [0.1, 0.15) is 11.2 Å². The molecule has 2 nitrogen and oxygen atoms in total. The SMILES string of the molecule is c1cc(-c2ccc(-c3cccc4ccccc34)cc2)cc(N(c2ccccc2-c2ccc3ccc4ccccc4c3c2)c2cccc3oc4ccccc4c23)c1. The molecule has 0 saturated heterocycles. The molecule has 0 saturated carbocycles. The van der Waals surface area contributed by atoms with Crippen LogP contribution in [0.1, 0.15) is 0 Å². The maximum absolute atomic E-state index is 6.46.